The lowest BCUT2D eigenvalue weighted by molar-refractivity contribution is 0.178. The lowest BCUT2D eigenvalue weighted by Crippen LogP contribution is -2.22. The van der Waals surface area contributed by atoms with E-state index in [0.717, 1.165) is 34.3 Å². The molecule has 0 bridgehead atoms. The molecule has 5 heteroatoms. The highest BCUT2D eigenvalue weighted by Crippen LogP contribution is 2.39. The third-order valence-corrected chi connectivity index (χ3v) is 5.28. The molecular weight excluding hydrogens is 318 g/mol. The summed E-state index contributed by atoms with van der Waals surface area (Å²) in [6, 6.07) is 10.5. The van der Waals surface area contributed by atoms with Gasteiger partial charge in [-0.05, 0) is 24.3 Å². The van der Waals surface area contributed by atoms with Crippen LogP contribution in [0.5, 0.6) is 0 Å². The van der Waals surface area contributed by atoms with E-state index in [1.807, 2.05) is 6.07 Å². The highest BCUT2D eigenvalue weighted by molar-refractivity contribution is 7.17. The van der Waals surface area contributed by atoms with Crippen molar-refractivity contribution in [3.63, 3.8) is 0 Å². The van der Waals surface area contributed by atoms with Crippen LogP contribution in [0.4, 0.5) is 5.82 Å². The molecule has 0 atom stereocenters. The van der Waals surface area contributed by atoms with Crippen molar-refractivity contribution in [2.45, 2.75) is 19.4 Å². The monoisotopic (exact) mass is 339 g/mol. The Morgan fingerprint density at radius 1 is 1.21 bits per heavy atom. The van der Waals surface area contributed by atoms with Crippen molar-refractivity contribution in [2.24, 2.45) is 5.92 Å². The van der Waals surface area contributed by atoms with Gasteiger partial charge in [0.15, 0.2) is 5.82 Å². The third kappa shape index (κ3) is 3.01. The number of hydrogen-bond donors (Lipinski definition) is 0. The van der Waals surface area contributed by atoms with Gasteiger partial charge in [0.05, 0.1) is 5.39 Å². The highest BCUT2D eigenvalue weighted by atomic mass is 32.1. The smallest absolute Gasteiger partial charge is 0.158 e. The molecule has 1 saturated carbocycles. The molecule has 24 heavy (non-hydrogen) atoms. The number of methoxy groups -OCH3 is 1. The number of hydrogen-bond acceptors (Lipinski definition) is 5. The van der Waals surface area contributed by atoms with Gasteiger partial charge in [-0.2, -0.15) is 0 Å². The molecule has 2 heterocycles. The fourth-order valence-electron chi connectivity index (χ4n) is 3.04. The molecule has 1 fully saturated rings. The summed E-state index contributed by atoms with van der Waals surface area (Å²) in [5.74, 6) is 2.59. The van der Waals surface area contributed by atoms with Crippen molar-refractivity contribution in [2.75, 3.05) is 25.6 Å². The van der Waals surface area contributed by atoms with Gasteiger partial charge in [-0.15, -0.1) is 11.3 Å². The molecule has 1 aliphatic rings. The number of anilines is 1. The topological polar surface area (TPSA) is 38.2 Å². The summed E-state index contributed by atoms with van der Waals surface area (Å²) >= 11 is 1.68. The van der Waals surface area contributed by atoms with Crippen LogP contribution in [0.3, 0.4) is 0 Å². The van der Waals surface area contributed by atoms with Gasteiger partial charge >= 0.3 is 0 Å². The maximum Gasteiger partial charge on any atom is 0.158 e. The zero-order valence-electron chi connectivity index (χ0n) is 14.0. The van der Waals surface area contributed by atoms with Gasteiger partial charge in [0.2, 0.25) is 0 Å². The summed E-state index contributed by atoms with van der Waals surface area (Å²) in [4.78, 5) is 12.9. The minimum atomic E-state index is 0.443. The maximum absolute atomic E-state index is 5.26. The Morgan fingerprint density at radius 3 is 2.71 bits per heavy atom. The quantitative estimate of drug-likeness (QED) is 0.669. The molecular formula is C19H21N3OS. The van der Waals surface area contributed by atoms with Crippen LogP contribution in [-0.2, 0) is 11.3 Å². The van der Waals surface area contributed by atoms with Gasteiger partial charge in [-0.25, -0.2) is 9.97 Å². The molecule has 1 aromatic carbocycles. The van der Waals surface area contributed by atoms with Crippen molar-refractivity contribution in [3.05, 3.63) is 41.5 Å². The molecule has 0 N–H and O–H groups in total. The molecule has 0 radical (unpaired) electrons. The Labute approximate surface area is 146 Å². The first kappa shape index (κ1) is 15.5. The molecule has 0 amide bonds. The van der Waals surface area contributed by atoms with Gasteiger partial charge in [-0.1, -0.05) is 30.3 Å². The van der Waals surface area contributed by atoms with Gasteiger partial charge in [-0.3, -0.25) is 0 Å². The summed E-state index contributed by atoms with van der Waals surface area (Å²) in [6.45, 7) is 1.50. The number of nitrogens with zero attached hydrogens (tertiary/aromatic N) is 3. The van der Waals surface area contributed by atoms with E-state index in [-0.39, 0.29) is 0 Å². The Balaban J connectivity index is 1.86. The summed E-state index contributed by atoms with van der Waals surface area (Å²) in [6.07, 6.45) is 2.66. The second-order valence-electron chi connectivity index (χ2n) is 6.42. The molecule has 124 valence electrons. The van der Waals surface area contributed by atoms with Crippen LogP contribution in [-0.4, -0.2) is 30.7 Å². The van der Waals surface area contributed by atoms with Gasteiger partial charge in [0, 0.05) is 31.6 Å². The fraction of sp³-hybridized carbons (Fsp3) is 0.368. The van der Waals surface area contributed by atoms with E-state index in [2.05, 4.69) is 41.6 Å². The van der Waals surface area contributed by atoms with Crippen molar-refractivity contribution in [1.82, 2.24) is 9.97 Å². The summed E-state index contributed by atoms with van der Waals surface area (Å²) < 4.78 is 5.26. The molecule has 4 nitrogen and oxygen atoms in total. The normalized spacial score (nSPS) is 14.2. The maximum atomic E-state index is 5.26. The number of benzene rings is 1. The van der Waals surface area contributed by atoms with Gasteiger partial charge in [0.25, 0.3) is 0 Å². The lowest BCUT2D eigenvalue weighted by Gasteiger charge is -2.20. The number of ether oxygens (including phenoxy) is 1. The van der Waals surface area contributed by atoms with Crippen LogP contribution in [0.15, 0.2) is 35.7 Å². The number of thiophene rings is 1. The van der Waals surface area contributed by atoms with Crippen LogP contribution in [0.2, 0.25) is 0 Å². The Kier molecular flexibility index (Phi) is 4.21. The van der Waals surface area contributed by atoms with Crippen LogP contribution >= 0.6 is 11.3 Å². The zero-order chi connectivity index (χ0) is 16.5. The molecule has 0 spiro atoms. The van der Waals surface area contributed by atoms with E-state index >= 15 is 0 Å². The number of aromatic nitrogens is 2. The Bertz CT molecular complexity index is 842. The van der Waals surface area contributed by atoms with Crippen LogP contribution < -0.4 is 4.90 Å². The minimum Gasteiger partial charge on any atom is -0.377 e. The zero-order valence-corrected chi connectivity index (χ0v) is 14.8. The molecule has 4 rings (SSSR count). The van der Waals surface area contributed by atoms with Gasteiger partial charge < -0.3 is 9.64 Å². The van der Waals surface area contributed by atoms with Crippen LogP contribution in [0, 0.1) is 5.92 Å². The first-order valence-electron chi connectivity index (χ1n) is 8.30. The fourth-order valence-corrected chi connectivity index (χ4v) is 4.00. The molecule has 0 aliphatic heterocycles. The summed E-state index contributed by atoms with van der Waals surface area (Å²) in [5.41, 5.74) is 2.44. The summed E-state index contributed by atoms with van der Waals surface area (Å²) in [7, 11) is 3.83. The van der Waals surface area contributed by atoms with Crippen molar-refractivity contribution in [3.8, 4) is 11.1 Å². The SMILES string of the molecule is COCc1nc(N(C)CC2CC2)c2c(-c3ccccc3)csc2n1. The average molecular weight is 339 g/mol. The molecule has 0 unspecified atom stereocenters. The highest BCUT2D eigenvalue weighted by Gasteiger charge is 2.25. The predicted octanol–water partition coefficient (Wildman–Crippen LogP) is 4.35. The van der Waals surface area contributed by atoms with E-state index in [4.69, 9.17) is 14.7 Å². The minimum absolute atomic E-state index is 0.443. The Morgan fingerprint density at radius 2 is 2.00 bits per heavy atom. The standard InChI is InChI=1S/C19H21N3OS/c1-22(10-13-8-9-13)18-17-15(14-6-4-3-5-7-14)12-24-19(17)21-16(20-18)11-23-2/h3-7,12-13H,8-11H2,1-2H3. The van der Waals surface area contributed by atoms with Gasteiger partial charge in [0.1, 0.15) is 17.3 Å². The van der Waals surface area contributed by atoms with E-state index in [1.165, 1.54) is 24.0 Å². The van der Waals surface area contributed by atoms with Crippen molar-refractivity contribution < 1.29 is 4.74 Å². The second-order valence-corrected chi connectivity index (χ2v) is 7.27. The van der Waals surface area contributed by atoms with E-state index in [1.54, 1.807) is 18.4 Å². The number of fused-ring (bicyclic) bond motifs is 1. The summed E-state index contributed by atoms with van der Waals surface area (Å²) in [5, 5.41) is 3.36. The van der Waals surface area contributed by atoms with E-state index in [0.29, 0.717) is 6.61 Å². The average Bonchev–Trinajstić information content (AvgIpc) is 3.31. The molecule has 1 aliphatic carbocycles. The number of rotatable bonds is 6. The predicted molar refractivity (Wildman–Crippen MR) is 99.6 cm³/mol. The van der Waals surface area contributed by atoms with E-state index < -0.39 is 0 Å². The molecule has 3 aromatic rings. The van der Waals surface area contributed by atoms with E-state index in [9.17, 15) is 0 Å². The first-order chi connectivity index (χ1) is 11.8. The largest absolute Gasteiger partial charge is 0.377 e. The third-order valence-electron chi connectivity index (χ3n) is 4.41. The van der Waals surface area contributed by atoms with Crippen LogP contribution in [0.25, 0.3) is 21.3 Å². The Hall–Kier alpha value is -1.98. The van der Waals surface area contributed by atoms with Crippen molar-refractivity contribution in [1.29, 1.82) is 0 Å². The van der Waals surface area contributed by atoms with Crippen LogP contribution in [0.1, 0.15) is 18.7 Å². The lowest BCUT2D eigenvalue weighted by atomic mass is 10.1. The van der Waals surface area contributed by atoms with Crippen molar-refractivity contribution >= 4 is 27.4 Å². The first-order valence-corrected chi connectivity index (χ1v) is 9.18. The second kappa shape index (κ2) is 6.49. The molecule has 0 saturated heterocycles. The molecule has 2 aromatic heterocycles.